The Morgan fingerprint density at radius 3 is 2.73 bits per heavy atom. The van der Waals surface area contributed by atoms with Crippen LogP contribution in [0, 0.1) is 5.82 Å². The third-order valence-corrected chi connectivity index (χ3v) is 3.48. The number of urea groups is 1. The van der Waals surface area contributed by atoms with Crippen LogP contribution in [0.25, 0.3) is 0 Å². The number of methoxy groups -OCH3 is 1. The number of carbonyl (C=O) groups excluding carboxylic acids is 1. The summed E-state index contributed by atoms with van der Waals surface area (Å²) in [5.74, 6) is 0.200. The number of nitrogens with one attached hydrogen (secondary N) is 1. The fraction of sp³-hybridized carbons (Fsp3) is 0.188. The molecule has 0 heterocycles. The van der Waals surface area contributed by atoms with Gasteiger partial charge in [-0.3, -0.25) is 0 Å². The summed E-state index contributed by atoms with van der Waals surface area (Å²) in [6.07, 6.45) is 0. The first-order valence-electron chi connectivity index (χ1n) is 6.60. The summed E-state index contributed by atoms with van der Waals surface area (Å²) in [4.78, 5) is 13.5. The number of amides is 2. The number of rotatable bonds is 4. The lowest BCUT2D eigenvalue weighted by Gasteiger charge is -2.19. The molecular weight excluding hydrogens is 307 g/mol. The smallest absolute Gasteiger partial charge is 0.321 e. The van der Waals surface area contributed by atoms with Crippen LogP contribution < -0.4 is 10.1 Å². The van der Waals surface area contributed by atoms with Crippen molar-refractivity contribution in [3.63, 3.8) is 0 Å². The molecule has 0 saturated heterocycles. The normalized spacial score (nSPS) is 10.2. The van der Waals surface area contributed by atoms with Gasteiger partial charge in [0.05, 0.1) is 13.7 Å². The lowest BCUT2D eigenvalue weighted by atomic mass is 10.2. The Hall–Kier alpha value is -2.27. The highest BCUT2D eigenvalue weighted by Gasteiger charge is 2.14. The summed E-state index contributed by atoms with van der Waals surface area (Å²) in [5.41, 5.74) is 0.878. The first-order chi connectivity index (χ1) is 10.5. The highest BCUT2D eigenvalue weighted by atomic mass is 35.5. The molecule has 22 heavy (non-hydrogen) atoms. The van der Waals surface area contributed by atoms with E-state index in [4.69, 9.17) is 16.3 Å². The van der Waals surface area contributed by atoms with E-state index in [-0.39, 0.29) is 18.1 Å². The largest absolute Gasteiger partial charge is 0.497 e. The molecule has 0 aliphatic rings. The fourth-order valence-electron chi connectivity index (χ4n) is 1.91. The molecule has 0 aliphatic carbocycles. The van der Waals surface area contributed by atoms with E-state index >= 15 is 0 Å². The summed E-state index contributed by atoms with van der Waals surface area (Å²) < 4.78 is 18.8. The van der Waals surface area contributed by atoms with Crippen molar-refractivity contribution in [2.45, 2.75) is 6.54 Å². The van der Waals surface area contributed by atoms with E-state index in [9.17, 15) is 9.18 Å². The molecule has 0 aliphatic heterocycles. The molecule has 0 saturated carbocycles. The van der Waals surface area contributed by atoms with Gasteiger partial charge in [0.15, 0.2) is 0 Å². The van der Waals surface area contributed by atoms with E-state index in [0.717, 1.165) is 0 Å². The monoisotopic (exact) mass is 322 g/mol. The van der Waals surface area contributed by atoms with Crippen LogP contribution in [0.15, 0.2) is 42.5 Å². The summed E-state index contributed by atoms with van der Waals surface area (Å²) in [6, 6.07) is 11.0. The molecule has 0 spiro atoms. The standard InChI is InChI=1S/C16H16ClFN2O2/c1-20(10-13-14(17)7-4-8-15(13)18)16(21)19-11-5-3-6-12(9-11)22-2/h3-9H,10H2,1-2H3,(H,19,21). The zero-order chi connectivity index (χ0) is 16.1. The van der Waals surface area contributed by atoms with Crippen LogP contribution in [0.1, 0.15) is 5.56 Å². The number of benzene rings is 2. The van der Waals surface area contributed by atoms with Crippen LogP contribution in [0.4, 0.5) is 14.9 Å². The predicted octanol–water partition coefficient (Wildman–Crippen LogP) is 4.15. The van der Waals surface area contributed by atoms with Crippen molar-refractivity contribution in [3.8, 4) is 5.75 Å². The molecule has 0 fully saturated rings. The predicted molar refractivity (Wildman–Crippen MR) is 84.9 cm³/mol. The Kier molecular flexibility index (Phi) is 5.22. The van der Waals surface area contributed by atoms with Crippen molar-refractivity contribution >= 4 is 23.3 Å². The van der Waals surface area contributed by atoms with Gasteiger partial charge in [0.25, 0.3) is 0 Å². The third-order valence-electron chi connectivity index (χ3n) is 3.12. The van der Waals surface area contributed by atoms with Gasteiger partial charge in [-0.15, -0.1) is 0 Å². The van der Waals surface area contributed by atoms with E-state index in [1.165, 1.54) is 17.0 Å². The lowest BCUT2D eigenvalue weighted by Crippen LogP contribution is -2.31. The van der Waals surface area contributed by atoms with E-state index < -0.39 is 5.82 Å². The second-order valence-electron chi connectivity index (χ2n) is 4.72. The zero-order valence-corrected chi connectivity index (χ0v) is 13.0. The molecule has 0 atom stereocenters. The van der Waals surface area contributed by atoms with E-state index in [1.807, 2.05) is 0 Å². The van der Waals surface area contributed by atoms with Crippen molar-refractivity contribution in [2.75, 3.05) is 19.5 Å². The Morgan fingerprint density at radius 1 is 1.32 bits per heavy atom. The minimum atomic E-state index is -0.437. The van der Waals surface area contributed by atoms with Crippen molar-refractivity contribution in [1.29, 1.82) is 0 Å². The van der Waals surface area contributed by atoms with Crippen molar-refractivity contribution in [2.24, 2.45) is 0 Å². The molecule has 4 nitrogen and oxygen atoms in total. The highest BCUT2D eigenvalue weighted by molar-refractivity contribution is 6.31. The number of nitrogens with zero attached hydrogens (tertiary/aromatic N) is 1. The molecule has 6 heteroatoms. The number of hydrogen-bond donors (Lipinski definition) is 1. The number of ether oxygens (including phenoxy) is 1. The average Bonchev–Trinajstić information content (AvgIpc) is 2.51. The summed E-state index contributed by atoms with van der Waals surface area (Å²) in [6.45, 7) is 0.0707. The van der Waals surface area contributed by atoms with Crippen molar-refractivity contribution in [1.82, 2.24) is 4.90 Å². The molecule has 2 aromatic carbocycles. The van der Waals surface area contributed by atoms with Crippen LogP contribution in [0.2, 0.25) is 5.02 Å². The van der Waals surface area contributed by atoms with Gasteiger partial charge in [0.1, 0.15) is 11.6 Å². The van der Waals surface area contributed by atoms with Crippen LogP contribution >= 0.6 is 11.6 Å². The van der Waals surface area contributed by atoms with Crippen LogP contribution in [0.3, 0.4) is 0 Å². The van der Waals surface area contributed by atoms with Crippen molar-refractivity contribution < 1.29 is 13.9 Å². The average molecular weight is 323 g/mol. The Labute approximate surface area is 133 Å². The number of halogens is 2. The highest BCUT2D eigenvalue weighted by Crippen LogP contribution is 2.21. The molecule has 0 radical (unpaired) electrons. The van der Waals surface area contributed by atoms with Gasteiger partial charge in [-0.2, -0.15) is 0 Å². The molecule has 0 unspecified atom stereocenters. The van der Waals surface area contributed by atoms with Gasteiger partial charge >= 0.3 is 6.03 Å². The fourth-order valence-corrected chi connectivity index (χ4v) is 2.13. The third kappa shape index (κ3) is 3.89. The van der Waals surface area contributed by atoms with Crippen LogP contribution in [-0.4, -0.2) is 25.1 Å². The number of carbonyl (C=O) groups is 1. The van der Waals surface area contributed by atoms with Gasteiger partial charge < -0.3 is 15.0 Å². The minimum Gasteiger partial charge on any atom is -0.497 e. The SMILES string of the molecule is COc1cccc(NC(=O)N(C)Cc2c(F)cccc2Cl)c1. The van der Waals surface area contributed by atoms with Gasteiger partial charge in [-0.1, -0.05) is 23.7 Å². The topological polar surface area (TPSA) is 41.6 Å². The molecule has 2 amide bonds. The first kappa shape index (κ1) is 16.1. The number of anilines is 1. The van der Waals surface area contributed by atoms with E-state index in [2.05, 4.69) is 5.32 Å². The van der Waals surface area contributed by atoms with E-state index in [1.54, 1.807) is 44.5 Å². The lowest BCUT2D eigenvalue weighted by molar-refractivity contribution is 0.220. The van der Waals surface area contributed by atoms with Crippen molar-refractivity contribution in [3.05, 3.63) is 58.9 Å². The first-order valence-corrected chi connectivity index (χ1v) is 6.98. The maximum absolute atomic E-state index is 13.7. The van der Waals surface area contributed by atoms with Gasteiger partial charge in [0, 0.05) is 29.4 Å². The maximum atomic E-state index is 13.7. The molecule has 0 bridgehead atoms. The molecule has 2 aromatic rings. The Morgan fingerprint density at radius 2 is 2.05 bits per heavy atom. The van der Waals surface area contributed by atoms with Gasteiger partial charge in [-0.05, 0) is 24.3 Å². The summed E-state index contributed by atoms with van der Waals surface area (Å²) in [7, 11) is 3.12. The number of hydrogen-bond acceptors (Lipinski definition) is 2. The molecule has 0 aromatic heterocycles. The van der Waals surface area contributed by atoms with E-state index in [0.29, 0.717) is 16.5 Å². The Bertz CT molecular complexity index is 659. The molecule has 2 rings (SSSR count). The maximum Gasteiger partial charge on any atom is 0.321 e. The molecule has 1 N–H and O–H groups in total. The van der Waals surface area contributed by atoms with Gasteiger partial charge in [-0.25, -0.2) is 9.18 Å². The second kappa shape index (κ2) is 7.13. The zero-order valence-electron chi connectivity index (χ0n) is 12.3. The Balaban J connectivity index is 2.06. The van der Waals surface area contributed by atoms with Gasteiger partial charge in [0.2, 0.25) is 0 Å². The minimum absolute atomic E-state index is 0.0707. The summed E-state index contributed by atoms with van der Waals surface area (Å²) in [5, 5.41) is 3.01. The van der Waals surface area contributed by atoms with Crippen LogP contribution in [0.5, 0.6) is 5.75 Å². The summed E-state index contributed by atoms with van der Waals surface area (Å²) >= 11 is 5.96. The van der Waals surface area contributed by atoms with Crippen LogP contribution in [-0.2, 0) is 6.54 Å². The molecular formula is C16H16ClFN2O2. The molecule has 116 valence electrons. The quantitative estimate of drug-likeness (QED) is 0.918. The second-order valence-corrected chi connectivity index (χ2v) is 5.13.